The van der Waals surface area contributed by atoms with Gasteiger partial charge in [-0.15, -0.1) is 0 Å². The van der Waals surface area contributed by atoms with E-state index in [9.17, 15) is 9.59 Å². The molecule has 0 bridgehead atoms. The molecule has 0 aliphatic carbocycles. The number of benzene rings is 1. The molecule has 0 aliphatic rings. The van der Waals surface area contributed by atoms with E-state index in [-0.39, 0.29) is 13.0 Å². The molecule has 0 fully saturated rings. The average Bonchev–Trinajstić information content (AvgIpc) is 2.37. The van der Waals surface area contributed by atoms with Crippen molar-refractivity contribution in [3.05, 3.63) is 36.9 Å². The molecule has 0 spiro atoms. The molecule has 1 aromatic carbocycles. The van der Waals surface area contributed by atoms with Gasteiger partial charge in [0.25, 0.3) is 0 Å². The summed E-state index contributed by atoms with van der Waals surface area (Å²) in [4.78, 5) is 22.8. The molecule has 5 heteroatoms. The van der Waals surface area contributed by atoms with Gasteiger partial charge in [0.15, 0.2) is 0 Å². The lowest BCUT2D eigenvalue weighted by Gasteiger charge is -2.11. The summed E-state index contributed by atoms with van der Waals surface area (Å²) >= 11 is 0. The van der Waals surface area contributed by atoms with Gasteiger partial charge in [-0.1, -0.05) is 24.8 Å². The van der Waals surface area contributed by atoms with Crippen molar-refractivity contribution in [1.82, 2.24) is 0 Å². The van der Waals surface area contributed by atoms with Gasteiger partial charge in [-0.3, -0.25) is 9.59 Å². The predicted octanol–water partition coefficient (Wildman–Crippen LogP) is 2.14. The summed E-state index contributed by atoms with van der Waals surface area (Å²) in [5.74, 6) is -0.461. The van der Waals surface area contributed by atoms with Crippen molar-refractivity contribution in [3.8, 4) is 5.75 Å². The zero-order chi connectivity index (χ0) is 14.1. The van der Waals surface area contributed by atoms with E-state index >= 15 is 0 Å². The van der Waals surface area contributed by atoms with Gasteiger partial charge in [-0.05, 0) is 19.1 Å². The van der Waals surface area contributed by atoms with Crippen LogP contribution < -0.4 is 10.1 Å². The molecule has 0 radical (unpaired) electrons. The number of carbonyl (C=O) groups is 2. The number of nitrogens with one attached hydrogen (secondary N) is 1. The van der Waals surface area contributed by atoms with Gasteiger partial charge in [0.2, 0.25) is 5.91 Å². The Kier molecular flexibility index (Phi) is 6.15. The predicted molar refractivity (Wildman–Crippen MR) is 72.0 cm³/mol. The van der Waals surface area contributed by atoms with Gasteiger partial charge >= 0.3 is 5.97 Å². The summed E-state index contributed by atoms with van der Waals surface area (Å²) in [5, 5.41) is 2.61. The second-order valence-corrected chi connectivity index (χ2v) is 3.63. The molecule has 5 nitrogen and oxygen atoms in total. The van der Waals surface area contributed by atoms with Crippen molar-refractivity contribution in [1.29, 1.82) is 0 Å². The Morgan fingerprint density at radius 3 is 2.79 bits per heavy atom. The first kappa shape index (κ1) is 14.8. The maximum absolute atomic E-state index is 11.6. The van der Waals surface area contributed by atoms with E-state index in [1.807, 2.05) is 0 Å². The molecule has 19 heavy (non-hydrogen) atoms. The quantitative estimate of drug-likeness (QED) is 0.465. The van der Waals surface area contributed by atoms with Crippen LogP contribution in [0.4, 0.5) is 5.69 Å². The molecule has 0 atom stereocenters. The summed E-state index contributed by atoms with van der Waals surface area (Å²) in [6.45, 7) is 5.83. The zero-order valence-electron chi connectivity index (χ0n) is 10.8. The Balaban J connectivity index is 2.62. The summed E-state index contributed by atoms with van der Waals surface area (Å²) in [7, 11) is 0. The van der Waals surface area contributed by atoms with E-state index in [1.54, 1.807) is 37.3 Å². The van der Waals surface area contributed by atoms with E-state index in [2.05, 4.69) is 11.9 Å². The van der Waals surface area contributed by atoms with Gasteiger partial charge < -0.3 is 14.8 Å². The van der Waals surface area contributed by atoms with Crippen LogP contribution in [0.1, 0.15) is 13.3 Å². The third-order valence-corrected chi connectivity index (χ3v) is 2.13. The number of anilines is 1. The van der Waals surface area contributed by atoms with Crippen molar-refractivity contribution < 1.29 is 19.1 Å². The molecule has 0 aliphatic heterocycles. The fraction of sp³-hybridized carbons (Fsp3) is 0.286. The number of hydrogen-bond donors (Lipinski definition) is 1. The van der Waals surface area contributed by atoms with Crippen LogP contribution in [-0.2, 0) is 14.3 Å². The number of esters is 1. The van der Waals surface area contributed by atoms with Crippen LogP contribution in [0.5, 0.6) is 5.75 Å². The standard InChI is InChI=1S/C14H17NO4/c1-3-9-19-12-8-6-5-7-11(12)15-13(16)10-14(17)18-4-2/h3,5-8H,1,4,9-10H2,2H3,(H,15,16). The third kappa shape index (κ3) is 5.25. The Morgan fingerprint density at radius 2 is 2.11 bits per heavy atom. The van der Waals surface area contributed by atoms with Crippen LogP contribution in [-0.4, -0.2) is 25.1 Å². The molecule has 102 valence electrons. The molecule has 1 amide bonds. The minimum absolute atomic E-state index is 0.255. The molecule has 1 rings (SSSR count). The highest BCUT2D eigenvalue weighted by Crippen LogP contribution is 2.23. The summed E-state index contributed by atoms with van der Waals surface area (Å²) in [6.07, 6.45) is 1.29. The fourth-order valence-electron chi connectivity index (χ4n) is 1.38. The monoisotopic (exact) mass is 263 g/mol. The van der Waals surface area contributed by atoms with Gasteiger partial charge in [-0.2, -0.15) is 0 Å². The van der Waals surface area contributed by atoms with E-state index in [4.69, 9.17) is 9.47 Å². The topological polar surface area (TPSA) is 64.6 Å². The van der Waals surface area contributed by atoms with Crippen LogP contribution >= 0.6 is 0 Å². The molecule has 0 saturated carbocycles. The highest BCUT2D eigenvalue weighted by atomic mass is 16.5. The van der Waals surface area contributed by atoms with Crippen molar-refractivity contribution >= 4 is 17.6 Å². The number of ether oxygens (including phenoxy) is 2. The molecule has 0 heterocycles. The summed E-state index contributed by atoms with van der Waals surface area (Å²) in [5.41, 5.74) is 0.513. The summed E-state index contributed by atoms with van der Waals surface area (Å²) in [6, 6.07) is 6.98. The molecular weight excluding hydrogens is 246 g/mol. The van der Waals surface area contributed by atoms with E-state index < -0.39 is 11.9 Å². The van der Waals surface area contributed by atoms with Gasteiger partial charge in [0.1, 0.15) is 18.8 Å². The lowest BCUT2D eigenvalue weighted by atomic mass is 10.2. The Hall–Kier alpha value is -2.30. The first-order valence-corrected chi connectivity index (χ1v) is 5.95. The van der Waals surface area contributed by atoms with Gasteiger partial charge in [0, 0.05) is 0 Å². The first-order valence-electron chi connectivity index (χ1n) is 5.95. The Bertz CT molecular complexity index is 457. The van der Waals surface area contributed by atoms with Crippen LogP contribution in [0.25, 0.3) is 0 Å². The van der Waals surface area contributed by atoms with Crippen molar-refractivity contribution in [2.75, 3.05) is 18.5 Å². The highest BCUT2D eigenvalue weighted by Gasteiger charge is 2.12. The van der Waals surface area contributed by atoms with Crippen LogP contribution in [0.15, 0.2) is 36.9 Å². The number of rotatable bonds is 7. The number of para-hydroxylation sites is 2. The first-order chi connectivity index (χ1) is 9.17. The lowest BCUT2D eigenvalue weighted by Crippen LogP contribution is -2.18. The Labute approximate surface area is 112 Å². The van der Waals surface area contributed by atoms with Gasteiger partial charge in [0.05, 0.1) is 12.3 Å². The maximum atomic E-state index is 11.6. The van der Waals surface area contributed by atoms with E-state index in [0.717, 1.165) is 0 Å². The largest absolute Gasteiger partial charge is 0.487 e. The fourth-order valence-corrected chi connectivity index (χ4v) is 1.38. The van der Waals surface area contributed by atoms with Crippen molar-refractivity contribution in [2.24, 2.45) is 0 Å². The highest BCUT2D eigenvalue weighted by molar-refractivity contribution is 6.02. The van der Waals surface area contributed by atoms with E-state index in [0.29, 0.717) is 18.0 Å². The van der Waals surface area contributed by atoms with Crippen LogP contribution in [0, 0.1) is 0 Å². The van der Waals surface area contributed by atoms with Crippen LogP contribution in [0.2, 0.25) is 0 Å². The summed E-state index contributed by atoms with van der Waals surface area (Å²) < 4.78 is 10.1. The average molecular weight is 263 g/mol. The second-order valence-electron chi connectivity index (χ2n) is 3.63. The molecule has 1 N–H and O–H groups in total. The molecule has 0 unspecified atom stereocenters. The zero-order valence-corrected chi connectivity index (χ0v) is 10.8. The molecular formula is C14H17NO4. The lowest BCUT2D eigenvalue weighted by molar-refractivity contribution is -0.145. The Morgan fingerprint density at radius 1 is 1.37 bits per heavy atom. The molecule has 0 saturated heterocycles. The maximum Gasteiger partial charge on any atom is 0.315 e. The molecule has 1 aromatic rings. The SMILES string of the molecule is C=CCOc1ccccc1NC(=O)CC(=O)OCC. The number of carbonyl (C=O) groups excluding carboxylic acids is 2. The third-order valence-electron chi connectivity index (χ3n) is 2.13. The minimum Gasteiger partial charge on any atom is -0.487 e. The normalized spacial score (nSPS) is 9.53. The van der Waals surface area contributed by atoms with Crippen LogP contribution in [0.3, 0.4) is 0 Å². The van der Waals surface area contributed by atoms with Crippen molar-refractivity contribution in [2.45, 2.75) is 13.3 Å². The van der Waals surface area contributed by atoms with Gasteiger partial charge in [-0.25, -0.2) is 0 Å². The smallest absolute Gasteiger partial charge is 0.315 e. The second kappa shape index (κ2) is 7.92. The number of amides is 1. The van der Waals surface area contributed by atoms with E-state index in [1.165, 1.54) is 0 Å². The molecule has 0 aromatic heterocycles. The number of hydrogen-bond acceptors (Lipinski definition) is 4. The minimum atomic E-state index is -0.551. The van der Waals surface area contributed by atoms with Crippen molar-refractivity contribution in [3.63, 3.8) is 0 Å².